The molecule has 1 unspecified atom stereocenters. The van der Waals surface area contributed by atoms with Crippen LogP contribution in [0.3, 0.4) is 0 Å². The van der Waals surface area contributed by atoms with Gasteiger partial charge in [0.25, 0.3) is 5.91 Å². The number of nitrogens with one attached hydrogen (secondary N) is 1. The van der Waals surface area contributed by atoms with Crippen LogP contribution in [0.5, 0.6) is 5.75 Å². The number of ether oxygens (including phenoxy) is 1. The SMILES string of the molecule is COc1ccc(C(=O)O)cc1NC(=O)C(C)(N)C(F)(F)F. The average Bonchev–Trinajstić information content (AvgIpc) is 2.37. The van der Waals surface area contributed by atoms with Gasteiger partial charge in [-0.25, -0.2) is 4.79 Å². The number of methoxy groups -OCH3 is 1. The van der Waals surface area contributed by atoms with Gasteiger partial charge in [0.2, 0.25) is 0 Å². The topological polar surface area (TPSA) is 102 Å². The Hall–Kier alpha value is -2.29. The van der Waals surface area contributed by atoms with Crippen molar-refractivity contribution in [2.24, 2.45) is 5.73 Å². The number of aromatic carboxylic acids is 1. The number of anilines is 1. The molecule has 0 bridgehead atoms. The van der Waals surface area contributed by atoms with Gasteiger partial charge < -0.3 is 20.9 Å². The van der Waals surface area contributed by atoms with Gasteiger partial charge in [-0.3, -0.25) is 4.79 Å². The lowest BCUT2D eigenvalue weighted by atomic mass is 10.0. The lowest BCUT2D eigenvalue weighted by molar-refractivity contribution is -0.184. The van der Waals surface area contributed by atoms with E-state index in [1.807, 2.05) is 5.32 Å². The van der Waals surface area contributed by atoms with Gasteiger partial charge in [-0.2, -0.15) is 13.2 Å². The Bertz CT molecular complexity index is 570. The summed E-state index contributed by atoms with van der Waals surface area (Å²) in [5, 5.41) is 10.8. The Morgan fingerprint density at radius 2 is 1.90 bits per heavy atom. The van der Waals surface area contributed by atoms with Crippen LogP contribution in [0.2, 0.25) is 0 Å². The van der Waals surface area contributed by atoms with Gasteiger partial charge in [-0.15, -0.1) is 0 Å². The summed E-state index contributed by atoms with van der Waals surface area (Å²) < 4.78 is 42.8. The van der Waals surface area contributed by atoms with E-state index in [0.717, 1.165) is 6.07 Å². The van der Waals surface area contributed by atoms with Crippen molar-refractivity contribution in [3.63, 3.8) is 0 Å². The van der Waals surface area contributed by atoms with Crippen LogP contribution in [-0.2, 0) is 4.79 Å². The number of carbonyl (C=O) groups is 2. The van der Waals surface area contributed by atoms with Crippen LogP contribution >= 0.6 is 0 Å². The van der Waals surface area contributed by atoms with Crippen molar-refractivity contribution in [1.82, 2.24) is 0 Å². The van der Waals surface area contributed by atoms with Crippen molar-refractivity contribution >= 4 is 17.6 Å². The van der Waals surface area contributed by atoms with Gasteiger partial charge in [-0.05, 0) is 25.1 Å². The fourth-order valence-electron chi connectivity index (χ4n) is 1.32. The molecule has 9 heteroatoms. The molecular weight excluding hydrogens is 293 g/mol. The molecule has 4 N–H and O–H groups in total. The van der Waals surface area contributed by atoms with Crippen LogP contribution in [0.4, 0.5) is 18.9 Å². The first-order chi connectivity index (χ1) is 9.50. The maximum atomic E-state index is 12.7. The summed E-state index contributed by atoms with van der Waals surface area (Å²) in [4.78, 5) is 22.5. The van der Waals surface area contributed by atoms with Gasteiger partial charge in [0.05, 0.1) is 18.4 Å². The fraction of sp³-hybridized carbons (Fsp3) is 0.333. The Balaban J connectivity index is 3.15. The number of carboxylic acids is 1. The van der Waals surface area contributed by atoms with Gasteiger partial charge in [0.1, 0.15) is 5.75 Å². The highest BCUT2D eigenvalue weighted by molar-refractivity contribution is 6.00. The highest BCUT2D eigenvalue weighted by Gasteiger charge is 2.54. The number of rotatable bonds is 4. The molecule has 21 heavy (non-hydrogen) atoms. The minimum atomic E-state index is -4.96. The Kier molecular flexibility index (Phi) is 4.47. The largest absolute Gasteiger partial charge is 0.495 e. The van der Waals surface area contributed by atoms with Crippen molar-refractivity contribution in [3.8, 4) is 5.75 Å². The number of carbonyl (C=O) groups excluding carboxylic acids is 1. The number of alkyl halides is 3. The van der Waals surface area contributed by atoms with E-state index in [0.29, 0.717) is 6.92 Å². The van der Waals surface area contributed by atoms with Gasteiger partial charge in [0.15, 0.2) is 5.54 Å². The van der Waals surface area contributed by atoms with Crippen LogP contribution in [0.1, 0.15) is 17.3 Å². The number of benzene rings is 1. The standard InChI is InChI=1S/C12H13F3N2O4/c1-11(16,12(13,14)15)10(20)17-7-5-6(9(18)19)3-4-8(7)21-2/h3-5H,16H2,1-2H3,(H,17,20)(H,18,19). The maximum absolute atomic E-state index is 12.7. The second-order valence-electron chi connectivity index (χ2n) is 4.37. The molecule has 0 saturated heterocycles. The quantitative estimate of drug-likeness (QED) is 0.784. The highest BCUT2D eigenvalue weighted by Crippen LogP contribution is 2.31. The minimum absolute atomic E-state index is 0.00586. The summed E-state index contributed by atoms with van der Waals surface area (Å²) in [6.07, 6.45) is -4.96. The molecule has 0 aliphatic heterocycles. The lowest BCUT2D eigenvalue weighted by Gasteiger charge is -2.26. The van der Waals surface area contributed by atoms with E-state index < -0.39 is 23.6 Å². The number of amides is 1. The summed E-state index contributed by atoms with van der Waals surface area (Å²) in [6, 6.07) is 3.37. The Morgan fingerprint density at radius 1 is 1.33 bits per heavy atom. The second kappa shape index (κ2) is 5.60. The summed E-state index contributed by atoms with van der Waals surface area (Å²) >= 11 is 0. The van der Waals surface area contributed by atoms with E-state index in [2.05, 4.69) is 0 Å². The molecule has 1 atom stereocenters. The molecule has 0 aliphatic carbocycles. The molecule has 6 nitrogen and oxygen atoms in total. The lowest BCUT2D eigenvalue weighted by Crippen LogP contribution is -2.59. The molecule has 0 saturated carbocycles. The third-order valence-corrected chi connectivity index (χ3v) is 2.76. The van der Waals surface area contributed by atoms with Crippen LogP contribution < -0.4 is 15.8 Å². The molecule has 0 radical (unpaired) electrons. The molecule has 0 heterocycles. The third kappa shape index (κ3) is 3.43. The molecule has 1 aromatic rings. The molecule has 116 valence electrons. The van der Waals surface area contributed by atoms with E-state index in [-0.39, 0.29) is 17.0 Å². The van der Waals surface area contributed by atoms with Crippen molar-refractivity contribution < 1.29 is 32.6 Å². The summed E-state index contributed by atoms with van der Waals surface area (Å²) in [5.41, 5.74) is 1.41. The van der Waals surface area contributed by atoms with Crippen molar-refractivity contribution in [2.75, 3.05) is 12.4 Å². The molecular formula is C12H13F3N2O4. The molecule has 1 rings (SSSR count). The molecule has 0 fully saturated rings. The predicted octanol–water partition coefficient (Wildman–Crippen LogP) is 1.61. The minimum Gasteiger partial charge on any atom is -0.495 e. The van der Waals surface area contributed by atoms with E-state index in [4.69, 9.17) is 15.6 Å². The van der Waals surface area contributed by atoms with Crippen molar-refractivity contribution in [3.05, 3.63) is 23.8 Å². The molecule has 1 amide bonds. The number of nitrogens with two attached hydrogens (primary N) is 1. The first-order valence-electron chi connectivity index (χ1n) is 5.59. The average molecular weight is 306 g/mol. The molecule has 0 aliphatic rings. The predicted molar refractivity (Wildman–Crippen MR) is 67.2 cm³/mol. The van der Waals surface area contributed by atoms with E-state index in [1.165, 1.54) is 19.2 Å². The summed E-state index contributed by atoms with van der Waals surface area (Å²) in [5.74, 6) is -2.83. The van der Waals surface area contributed by atoms with E-state index in [9.17, 15) is 22.8 Å². The molecule has 0 spiro atoms. The zero-order valence-electron chi connectivity index (χ0n) is 11.1. The zero-order valence-corrected chi connectivity index (χ0v) is 11.1. The first kappa shape index (κ1) is 16.8. The highest BCUT2D eigenvalue weighted by atomic mass is 19.4. The molecule has 0 aromatic heterocycles. The number of carboxylic acid groups (broad SMARTS) is 1. The van der Waals surface area contributed by atoms with Crippen LogP contribution in [-0.4, -0.2) is 35.8 Å². The van der Waals surface area contributed by atoms with Crippen LogP contribution in [0.15, 0.2) is 18.2 Å². The van der Waals surface area contributed by atoms with Gasteiger partial charge >= 0.3 is 12.1 Å². The van der Waals surface area contributed by atoms with Crippen molar-refractivity contribution in [2.45, 2.75) is 18.6 Å². The smallest absolute Gasteiger partial charge is 0.415 e. The third-order valence-electron chi connectivity index (χ3n) is 2.76. The Labute approximate surface area is 117 Å². The number of hydrogen-bond acceptors (Lipinski definition) is 4. The number of hydrogen-bond donors (Lipinski definition) is 3. The van der Waals surface area contributed by atoms with Crippen molar-refractivity contribution in [1.29, 1.82) is 0 Å². The normalized spacial score (nSPS) is 14.2. The van der Waals surface area contributed by atoms with E-state index in [1.54, 1.807) is 0 Å². The Morgan fingerprint density at radius 3 is 2.33 bits per heavy atom. The fourth-order valence-corrected chi connectivity index (χ4v) is 1.32. The zero-order chi connectivity index (χ0) is 16.4. The van der Waals surface area contributed by atoms with Gasteiger partial charge in [0, 0.05) is 0 Å². The number of halogens is 3. The monoisotopic (exact) mass is 306 g/mol. The summed E-state index contributed by atoms with van der Waals surface area (Å²) in [7, 11) is 1.22. The van der Waals surface area contributed by atoms with E-state index >= 15 is 0 Å². The van der Waals surface area contributed by atoms with Crippen LogP contribution in [0.25, 0.3) is 0 Å². The molecule has 1 aromatic carbocycles. The van der Waals surface area contributed by atoms with Gasteiger partial charge in [-0.1, -0.05) is 0 Å². The maximum Gasteiger partial charge on any atom is 0.415 e. The second-order valence-corrected chi connectivity index (χ2v) is 4.37. The summed E-state index contributed by atoms with van der Waals surface area (Å²) in [6.45, 7) is 0.510. The first-order valence-corrected chi connectivity index (χ1v) is 5.59. The van der Waals surface area contributed by atoms with Crippen LogP contribution in [0, 0.1) is 0 Å².